The highest BCUT2D eigenvalue weighted by molar-refractivity contribution is 5.22. The van der Waals surface area contributed by atoms with Crippen LogP contribution in [-0.2, 0) is 6.42 Å². The first-order chi connectivity index (χ1) is 6.75. The monoisotopic (exact) mass is 197 g/mol. The number of nitrogens with one attached hydrogen (secondary N) is 1. The molecule has 0 saturated heterocycles. The molecule has 0 fully saturated rings. The average Bonchev–Trinajstić information content (AvgIpc) is 2.60. The van der Waals surface area contributed by atoms with Gasteiger partial charge in [-0.2, -0.15) is 0 Å². The van der Waals surface area contributed by atoms with Gasteiger partial charge in [-0.25, -0.2) is 5.10 Å². The largest absolute Gasteiger partial charge is 0.413 e. The van der Waals surface area contributed by atoms with E-state index in [0.29, 0.717) is 25.1 Å². The van der Waals surface area contributed by atoms with Crippen LogP contribution >= 0.6 is 0 Å². The Bertz CT molecular complexity index is 366. The quantitative estimate of drug-likeness (QED) is 0.188. The first-order valence-corrected chi connectivity index (χ1v) is 3.81. The normalized spacial score (nSPS) is 9.43. The number of rotatable bonds is 5. The number of hydrogen-bond acceptors (Lipinski definition) is 5. The van der Waals surface area contributed by atoms with Gasteiger partial charge in [0.1, 0.15) is 10.8 Å². The maximum absolute atomic E-state index is 10.4. The molecule has 74 valence electrons. The van der Waals surface area contributed by atoms with Crippen molar-refractivity contribution in [3.8, 4) is 0 Å². The van der Waals surface area contributed by atoms with E-state index in [2.05, 4.69) is 25.4 Å². The topological polar surface area (TPSA) is 133 Å². The van der Waals surface area contributed by atoms with E-state index in [-0.39, 0.29) is 5.82 Å². The van der Waals surface area contributed by atoms with Crippen molar-refractivity contribution in [2.45, 2.75) is 12.8 Å². The number of aromatic nitrogens is 3. The van der Waals surface area contributed by atoms with Crippen LogP contribution in [0.2, 0.25) is 0 Å². The van der Waals surface area contributed by atoms with Crippen LogP contribution in [0.5, 0.6) is 0 Å². The molecule has 0 aliphatic heterocycles. The average molecular weight is 197 g/mol. The predicted octanol–water partition coefficient (Wildman–Crippen LogP) is 0.956. The Morgan fingerprint density at radius 2 is 2.50 bits per heavy atom. The molecule has 0 spiro atoms. The van der Waals surface area contributed by atoms with Crippen LogP contribution in [0.4, 0.5) is 5.82 Å². The van der Waals surface area contributed by atoms with Crippen molar-refractivity contribution in [1.82, 2.24) is 15.4 Å². The predicted molar refractivity (Wildman–Crippen MR) is 45.4 cm³/mol. The van der Waals surface area contributed by atoms with Gasteiger partial charge < -0.3 is 10.1 Å². The van der Waals surface area contributed by atoms with Gasteiger partial charge >= 0.3 is 5.82 Å². The van der Waals surface area contributed by atoms with Crippen LogP contribution in [0.1, 0.15) is 12.1 Å². The highest BCUT2D eigenvalue weighted by Gasteiger charge is 2.17. The number of nitrogens with zero attached hydrogens (tertiary/aromatic N) is 6. The van der Waals surface area contributed by atoms with Crippen LogP contribution in [-0.4, -0.2) is 26.9 Å². The standard InChI is InChI=1S/C5H7N7O2/c6-10-7-3-1-2-4-5(12(13)14)9-11-8-4/h1-3H2,(H,8,9,11). The molecule has 9 nitrogen and oxygen atoms in total. The minimum Gasteiger partial charge on any atom is -0.358 e. The van der Waals surface area contributed by atoms with Gasteiger partial charge in [0, 0.05) is 16.7 Å². The lowest BCUT2D eigenvalue weighted by Gasteiger charge is -1.93. The van der Waals surface area contributed by atoms with Crippen molar-refractivity contribution in [2.75, 3.05) is 6.54 Å². The van der Waals surface area contributed by atoms with E-state index in [0.717, 1.165) is 0 Å². The van der Waals surface area contributed by atoms with E-state index in [9.17, 15) is 10.1 Å². The number of aromatic amines is 1. The summed E-state index contributed by atoms with van der Waals surface area (Å²) in [7, 11) is 0. The van der Waals surface area contributed by atoms with Crippen molar-refractivity contribution < 1.29 is 4.92 Å². The maximum Gasteiger partial charge on any atom is 0.413 e. The zero-order chi connectivity index (χ0) is 10.4. The van der Waals surface area contributed by atoms with Crippen molar-refractivity contribution >= 4 is 5.82 Å². The van der Waals surface area contributed by atoms with E-state index in [1.165, 1.54) is 0 Å². The fraction of sp³-hybridized carbons (Fsp3) is 0.600. The Balaban J connectivity index is 2.54. The smallest absolute Gasteiger partial charge is 0.358 e. The lowest BCUT2D eigenvalue weighted by Crippen LogP contribution is -1.95. The number of hydrogen-bond donors (Lipinski definition) is 1. The summed E-state index contributed by atoms with van der Waals surface area (Å²) >= 11 is 0. The third-order valence-corrected chi connectivity index (χ3v) is 1.52. The Hall–Kier alpha value is -2.15. The first-order valence-electron chi connectivity index (χ1n) is 3.81. The molecule has 1 rings (SSSR count). The van der Waals surface area contributed by atoms with Crippen molar-refractivity contribution in [3.63, 3.8) is 0 Å². The molecule has 0 aliphatic rings. The number of H-pyrrole nitrogens is 1. The number of nitro groups is 1. The van der Waals surface area contributed by atoms with Crippen LogP contribution < -0.4 is 0 Å². The van der Waals surface area contributed by atoms with Gasteiger partial charge in [0.25, 0.3) is 0 Å². The lowest BCUT2D eigenvalue weighted by molar-refractivity contribution is -0.390. The molecule has 0 aromatic carbocycles. The van der Waals surface area contributed by atoms with Crippen molar-refractivity contribution in [2.24, 2.45) is 5.11 Å². The molecule has 0 radical (unpaired) electrons. The minimum atomic E-state index is -0.605. The lowest BCUT2D eigenvalue weighted by atomic mass is 10.2. The second-order valence-electron chi connectivity index (χ2n) is 2.43. The van der Waals surface area contributed by atoms with Crippen molar-refractivity contribution in [3.05, 3.63) is 26.3 Å². The van der Waals surface area contributed by atoms with Gasteiger partial charge in [-0.15, -0.1) is 0 Å². The van der Waals surface area contributed by atoms with E-state index in [1.54, 1.807) is 0 Å². The maximum atomic E-state index is 10.4. The van der Waals surface area contributed by atoms with Crippen LogP contribution in [0, 0.1) is 10.1 Å². The zero-order valence-electron chi connectivity index (χ0n) is 7.12. The summed E-state index contributed by atoms with van der Waals surface area (Å²) in [6, 6.07) is 0. The Morgan fingerprint density at radius 3 is 3.14 bits per heavy atom. The molecule has 1 heterocycles. The summed E-state index contributed by atoms with van der Waals surface area (Å²) < 4.78 is 0. The summed E-state index contributed by atoms with van der Waals surface area (Å²) in [6.45, 7) is 0.298. The third-order valence-electron chi connectivity index (χ3n) is 1.52. The van der Waals surface area contributed by atoms with Crippen LogP contribution in [0.3, 0.4) is 0 Å². The van der Waals surface area contributed by atoms with E-state index in [1.807, 2.05) is 0 Å². The Labute approximate surface area is 77.9 Å². The molecule has 1 aromatic heterocycles. The molecule has 0 aliphatic carbocycles. The van der Waals surface area contributed by atoms with Gasteiger partial charge in [-0.05, 0) is 23.3 Å². The molecule has 0 bridgehead atoms. The van der Waals surface area contributed by atoms with Crippen LogP contribution in [0.15, 0.2) is 5.11 Å². The zero-order valence-corrected chi connectivity index (χ0v) is 7.12. The van der Waals surface area contributed by atoms with Gasteiger partial charge in [0.05, 0.1) is 0 Å². The minimum absolute atomic E-state index is 0.272. The molecule has 14 heavy (non-hydrogen) atoms. The molecule has 0 atom stereocenters. The molecular weight excluding hydrogens is 190 g/mol. The molecule has 1 aromatic rings. The Kier molecular flexibility index (Phi) is 3.39. The highest BCUT2D eigenvalue weighted by Crippen LogP contribution is 2.12. The highest BCUT2D eigenvalue weighted by atomic mass is 16.6. The van der Waals surface area contributed by atoms with Gasteiger partial charge in [0.15, 0.2) is 0 Å². The summed E-state index contributed by atoms with van der Waals surface area (Å²) in [4.78, 5) is 12.3. The summed E-state index contributed by atoms with van der Waals surface area (Å²) in [6.07, 6.45) is 0.914. The Morgan fingerprint density at radius 1 is 1.71 bits per heavy atom. The molecular formula is C5H7N7O2. The second-order valence-corrected chi connectivity index (χ2v) is 2.43. The van der Waals surface area contributed by atoms with Crippen LogP contribution in [0.25, 0.3) is 10.4 Å². The summed E-state index contributed by atoms with van der Waals surface area (Å²) in [5.41, 5.74) is 8.33. The van der Waals surface area contributed by atoms with Gasteiger partial charge in [-0.3, -0.25) is 0 Å². The fourth-order valence-electron chi connectivity index (χ4n) is 0.929. The summed E-state index contributed by atoms with van der Waals surface area (Å²) in [5, 5.41) is 22.7. The third kappa shape index (κ3) is 2.42. The molecule has 1 N–H and O–H groups in total. The molecule has 0 unspecified atom stereocenters. The SMILES string of the molecule is [N-]=[N+]=NCCCc1[nH]nnc1[N+](=O)[O-]. The molecule has 9 heteroatoms. The number of aryl methyl sites for hydroxylation is 1. The van der Waals surface area contributed by atoms with Gasteiger partial charge in [0.2, 0.25) is 0 Å². The van der Waals surface area contributed by atoms with E-state index in [4.69, 9.17) is 5.53 Å². The fourth-order valence-corrected chi connectivity index (χ4v) is 0.929. The molecule has 0 saturated carbocycles. The van der Waals surface area contributed by atoms with Gasteiger partial charge in [-0.1, -0.05) is 5.11 Å². The van der Waals surface area contributed by atoms with E-state index >= 15 is 0 Å². The molecule has 0 amide bonds. The van der Waals surface area contributed by atoms with E-state index < -0.39 is 4.92 Å². The van der Waals surface area contributed by atoms with Crippen molar-refractivity contribution in [1.29, 1.82) is 0 Å². The second kappa shape index (κ2) is 4.77. The summed E-state index contributed by atoms with van der Waals surface area (Å²) in [5.74, 6) is -0.272. The first kappa shape index (κ1) is 9.93. The number of azide groups is 1.